The first-order valence-electron chi connectivity index (χ1n) is 13.1. The molecule has 5 heteroatoms. The summed E-state index contributed by atoms with van der Waals surface area (Å²) >= 11 is 7.49. The summed E-state index contributed by atoms with van der Waals surface area (Å²) in [6, 6.07) is 35.0. The zero-order chi connectivity index (χ0) is 28.2. The zero-order valence-corrected chi connectivity index (χ0v) is 26.1. The number of nitrogens with zero attached hydrogens (tertiary/aromatic N) is 3. The molecule has 0 atom stereocenters. The van der Waals surface area contributed by atoms with Crippen LogP contribution < -0.4 is 0 Å². The second kappa shape index (κ2) is 12.2. The van der Waals surface area contributed by atoms with Crippen molar-refractivity contribution in [2.45, 2.75) is 27.7 Å². The number of hydrogen-bond donors (Lipinski definition) is 0. The Kier molecular flexibility index (Phi) is 8.53. The van der Waals surface area contributed by atoms with E-state index in [2.05, 4.69) is 108 Å². The van der Waals surface area contributed by atoms with Crippen LogP contribution in [0.15, 0.2) is 122 Å². The lowest BCUT2D eigenvalue weighted by atomic mass is 10.0. The number of pyridine rings is 1. The maximum atomic E-state index is 5.19. The molecule has 198 valence electrons. The second-order valence-electron chi connectivity index (χ2n) is 9.89. The maximum Gasteiger partial charge on any atom is 0.0966 e. The molecule has 1 aromatic heterocycles. The molecule has 0 unspecified atom stereocenters. The highest BCUT2D eigenvalue weighted by atomic mass is 79.9. The van der Waals surface area contributed by atoms with E-state index in [0.29, 0.717) is 0 Å². The van der Waals surface area contributed by atoms with Crippen LogP contribution in [0.25, 0.3) is 0 Å². The molecule has 0 saturated heterocycles. The van der Waals surface area contributed by atoms with E-state index in [9.17, 15) is 0 Å². The van der Waals surface area contributed by atoms with Gasteiger partial charge in [0, 0.05) is 20.1 Å². The molecule has 0 spiro atoms. The number of halogens is 2. The van der Waals surface area contributed by atoms with Crippen LogP contribution in [0.4, 0.5) is 11.4 Å². The molecule has 4 aromatic carbocycles. The van der Waals surface area contributed by atoms with E-state index in [1.165, 1.54) is 11.1 Å². The lowest BCUT2D eigenvalue weighted by molar-refractivity contribution is 1.23. The lowest BCUT2D eigenvalue weighted by Gasteiger charge is -2.13. The van der Waals surface area contributed by atoms with Gasteiger partial charge in [0.25, 0.3) is 0 Å². The van der Waals surface area contributed by atoms with Gasteiger partial charge in [-0.25, -0.2) is 15.0 Å². The summed E-state index contributed by atoms with van der Waals surface area (Å²) in [5.41, 5.74) is 11.5. The smallest absolute Gasteiger partial charge is 0.0966 e. The third-order valence-corrected chi connectivity index (χ3v) is 7.78. The minimum Gasteiger partial charge on any atom is -0.245 e. The second-order valence-corrected chi connectivity index (χ2v) is 11.6. The molecule has 5 rings (SSSR count). The van der Waals surface area contributed by atoms with Crippen LogP contribution in [0.5, 0.6) is 0 Å². The molecule has 0 amide bonds. The van der Waals surface area contributed by atoms with Crippen molar-refractivity contribution in [2.75, 3.05) is 0 Å². The minimum absolute atomic E-state index is 0.777. The Morgan fingerprint density at radius 2 is 0.925 bits per heavy atom. The molecule has 0 aliphatic carbocycles. The number of aliphatic imine (C=N–C) groups is 2. The van der Waals surface area contributed by atoms with Crippen LogP contribution in [0.2, 0.25) is 0 Å². The van der Waals surface area contributed by atoms with Gasteiger partial charge >= 0.3 is 0 Å². The predicted molar refractivity (Wildman–Crippen MR) is 175 cm³/mol. The van der Waals surface area contributed by atoms with Gasteiger partial charge in [0.2, 0.25) is 0 Å². The summed E-state index contributed by atoms with van der Waals surface area (Å²) in [6.45, 7) is 8.36. The Hall–Kier alpha value is -3.67. The maximum absolute atomic E-state index is 5.19. The van der Waals surface area contributed by atoms with Gasteiger partial charge in [-0.15, -0.1) is 0 Å². The standard InChI is InChI=1S/C35H29Br2N3/c1-22-18-24(3)32(28(36)20-22)39-34(26-12-7-5-8-13-26)30-16-11-17-31(38-30)35(27-14-9-6-10-15-27)40-33-25(4)19-23(2)21-29(33)37/h5-21H,1-4H3. The summed E-state index contributed by atoms with van der Waals surface area (Å²) in [6.07, 6.45) is 0. The average molecular weight is 651 g/mol. The van der Waals surface area contributed by atoms with Crippen molar-refractivity contribution in [3.8, 4) is 0 Å². The van der Waals surface area contributed by atoms with E-state index >= 15 is 0 Å². The third-order valence-electron chi connectivity index (χ3n) is 6.57. The number of hydrogen-bond acceptors (Lipinski definition) is 3. The van der Waals surface area contributed by atoms with Crippen LogP contribution in [0.3, 0.4) is 0 Å². The molecule has 0 saturated carbocycles. The highest BCUT2D eigenvalue weighted by Gasteiger charge is 2.16. The third kappa shape index (κ3) is 6.22. The molecule has 5 aromatic rings. The fourth-order valence-corrected chi connectivity index (χ4v) is 6.28. The number of rotatable bonds is 6. The Bertz CT molecular complexity index is 1570. The molecule has 0 radical (unpaired) electrons. The Morgan fingerprint density at radius 3 is 1.30 bits per heavy atom. The number of aromatic nitrogens is 1. The van der Waals surface area contributed by atoms with Gasteiger partial charge in [0.05, 0.1) is 34.2 Å². The van der Waals surface area contributed by atoms with Gasteiger partial charge < -0.3 is 0 Å². The molecule has 0 aliphatic rings. The van der Waals surface area contributed by atoms with Crippen LogP contribution in [-0.4, -0.2) is 16.4 Å². The van der Waals surface area contributed by atoms with Gasteiger partial charge in [0.1, 0.15) is 0 Å². The average Bonchev–Trinajstić information content (AvgIpc) is 2.93. The van der Waals surface area contributed by atoms with Crippen molar-refractivity contribution in [1.82, 2.24) is 4.98 Å². The van der Waals surface area contributed by atoms with Gasteiger partial charge in [-0.2, -0.15) is 0 Å². The molecule has 1 heterocycles. The fraction of sp³-hybridized carbons (Fsp3) is 0.114. The number of aryl methyl sites for hydroxylation is 4. The van der Waals surface area contributed by atoms with E-state index in [0.717, 1.165) is 65.4 Å². The van der Waals surface area contributed by atoms with Crippen molar-refractivity contribution in [3.63, 3.8) is 0 Å². The Labute approximate surface area is 253 Å². The topological polar surface area (TPSA) is 37.6 Å². The molecular weight excluding hydrogens is 622 g/mol. The van der Waals surface area contributed by atoms with Gasteiger partial charge in [-0.05, 0) is 106 Å². The summed E-state index contributed by atoms with van der Waals surface area (Å²) in [4.78, 5) is 15.6. The highest BCUT2D eigenvalue weighted by molar-refractivity contribution is 9.11. The predicted octanol–water partition coefficient (Wildman–Crippen LogP) is 10.2. The van der Waals surface area contributed by atoms with Crippen LogP contribution in [0, 0.1) is 27.7 Å². The summed E-state index contributed by atoms with van der Waals surface area (Å²) in [5.74, 6) is 0. The van der Waals surface area contributed by atoms with Crippen molar-refractivity contribution < 1.29 is 0 Å². The quantitative estimate of drug-likeness (QED) is 0.169. The normalized spacial score (nSPS) is 12.1. The zero-order valence-electron chi connectivity index (χ0n) is 22.9. The summed E-state index contributed by atoms with van der Waals surface area (Å²) < 4.78 is 1.92. The first kappa shape index (κ1) is 27.9. The van der Waals surface area contributed by atoms with Gasteiger partial charge in [-0.3, -0.25) is 0 Å². The Balaban J connectivity index is 1.72. The van der Waals surface area contributed by atoms with E-state index in [1.807, 2.05) is 54.6 Å². The van der Waals surface area contributed by atoms with E-state index < -0.39 is 0 Å². The van der Waals surface area contributed by atoms with Crippen LogP contribution >= 0.6 is 31.9 Å². The molecule has 0 fully saturated rings. The van der Waals surface area contributed by atoms with E-state index in [1.54, 1.807) is 0 Å². The monoisotopic (exact) mass is 649 g/mol. The fourth-order valence-electron chi connectivity index (χ4n) is 4.75. The van der Waals surface area contributed by atoms with Crippen LogP contribution in [0.1, 0.15) is 44.8 Å². The number of benzene rings is 4. The summed E-state index contributed by atoms with van der Waals surface area (Å²) in [5, 5.41) is 0. The van der Waals surface area contributed by atoms with Crippen molar-refractivity contribution in [2.24, 2.45) is 9.98 Å². The lowest BCUT2D eigenvalue weighted by Crippen LogP contribution is -2.12. The van der Waals surface area contributed by atoms with Gasteiger partial charge in [-0.1, -0.05) is 78.9 Å². The first-order valence-corrected chi connectivity index (χ1v) is 14.7. The van der Waals surface area contributed by atoms with Crippen LogP contribution in [-0.2, 0) is 0 Å². The van der Waals surface area contributed by atoms with Gasteiger partial charge in [0.15, 0.2) is 0 Å². The molecule has 3 nitrogen and oxygen atoms in total. The highest BCUT2D eigenvalue weighted by Crippen LogP contribution is 2.33. The Morgan fingerprint density at radius 1 is 0.525 bits per heavy atom. The molecule has 0 aliphatic heterocycles. The SMILES string of the molecule is Cc1cc(C)c(N=C(c2ccccc2)c2cccc(C(=Nc3c(C)cc(C)cc3Br)c3ccccc3)n2)c(Br)c1. The van der Waals surface area contributed by atoms with E-state index in [-0.39, 0.29) is 0 Å². The molecule has 0 N–H and O–H groups in total. The first-order chi connectivity index (χ1) is 19.3. The molecule has 0 bridgehead atoms. The van der Waals surface area contributed by atoms with E-state index in [4.69, 9.17) is 15.0 Å². The van der Waals surface area contributed by atoms with Crippen molar-refractivity contribution >= 4 is 54.7 Å². The largest absolute Gasteiger partial charge is 0.245 e. The molecular formula is C35H29Br2N3. The summed E-state index contributed by atoms with van der Waals surface area (Å²) in [7, 11) is 0. The van der Waals surface area contributed by atoms with Crippen molar-refractivity contribution in [3.05, 3.63) is 157 Å². The minimum atomic E-state index is 0.777. The van der Waals surface area contributed by atoms with Crippen molar-refractivity contribution in [1.29, 1.82) is 0 Å². The molecule has 40 heavy (non-hydrogen) atoms.